The molecule has 1 aliphatic carbocycles. The summed E-state index contributed by atoms with van der Waals surface area (Å²) in [7, 11) is 3.84. The van der Waals surface area contributed by atoms with Crippen LogP contribution >= 0.6 is 11.3 Å². The number of hydrogen-bond donors (Lipinski definition) is 2. The molecule has 0 amide bonds. The summed E-state index contributed by atoms with van der Waals surface area (Å²) in [6, 6.07) is 4.48. The van der Waals surface area contributed by atoms with Gasteiger partial charge in [-0.3, -0.25) is 9.67 Å². The van der Waals surface area contributed by atoms with Crippen LogP contribution < -0.4 is 10.6 Å². The fourth-order valence-corrected chi connectivity index (χ4v) is 5.03. The van der Waals surface area contributed by atoms with Gasteiger partial charge in [0.2, 0.25) is 0 Å². The molecular formula is C20H31N5S. The van der Waals surface area contributed by atoms with Crippen LogP contribution in [0.1, 0.15) is 53.9 Å². The summed E-state index contributed by atoms with van der Waals surface area (Å²) in [5.41, 5.74) is 3.79. The Labute approximate surface area is 160 Å². The molecule has 142 valence electrons. The Bertz CT molecular complexity index is 739. The van der Waals surface area contributed by atoms with Crippen LogP contribution in [0.25, 0.3) is 0 Å². The molecule has 2 aromatic heterocycles. The molecule has 26 heavy (non-hydrogen) atoms. The first-order chi connectivity index (χ1) is 12.6. The first-order valence-corrected chi connectivity index (χ1v) is 10.4. The van der Waals surface area contributed by atoms with Crippen molar-refractivity contribution in [3.05, 3.63) is 39.3 Å². The van der Waals surface area contributed by atoms with E-state index in [-0.39, 0.29) is 5.41 Å². The predicted molar refractivity (Wildman–Crippen MR) is 110 cm³/mol. The zero-order chi connectivity index (χ0) is 18.6. The van der Waals surface area contributed by atoms with Gasteiger partial charge in [0.25, 0.3) is 0 Å². The van der Waals surface area contributed by atoms with E-state index >= 15 is 0 Å². The van der Waals surface area contributed by atoms with Gasteiger partial charge in [0.05, 0.1) is 5.69 Å². The van der Waals surface area contributed by atoms with Crippen LogP contribution in [0.2, 0.25) is 0 Å². The van der Waals surface area contributed by atoms with Crippen LogP contribution in [0.4, 0.5) is 0 Å². The molecule has 2 heterocycles. The van der Waals surface area contributed by atoms with Gasteiger partial charge in [0.15, 0.2) is 5.96 Å². The molecule has 0 aliphatic heterocycles. The topological polar surface area (TPSA) is 54.2 Å². The van der Waals surface area contributed by atoms with Crippen LogP contribution in [0, 0.1) is 13.8 Å². The zero-order valence-electron chi connectivity index (χ0n) is 16.4. The highest BCUT2D eigenvalue weighted by atomic mass is 32.1. The average Bonchev–Trinajstić information content (AvgIpc) is 3.27. The maximum absolute atomic E-state index is 4.50. The highest BCUT2D eigenvalue weighted by molar-refractivity contribution is 7.10. The molecule has 1 fully saturated rings. The van der Waals surface area contributed by atoms with Gasteiger partial charge < -0.3 is 10.6 Å². The molecule has 5 nitrogen and oxygen atoms in total. The zero-order valence-corrected chi connectivity index (χ0v) is 17.2. The summed E-state index contributed by atoms with van der Waals surface area (Å²) in [5, 5.41) is 13.8. The van der Waals surface area contributed by atoms with Crippen LogP contribution in [0.15, 0.2) is 22.5 Å². The number of nitrogens with zero attached hydrogens (tertiary/aromatic N) is 3. The number of nitrogens with one attached hydrogen (secondary N) is 2. The lowest BCUT2D eigenvalue weighted by atomic mass is 9.73. The molecule has 0 spiro atoms. The second kappa shape index (κ2) is 8.25. The lowest BCUT2D eigenvalue weighted by Crippen LogP contribution is -2.46. The number of rotatable bonds is 5. The third-order valence-corrected chi connectivity index (χ3v) is 6.88. The second-order valence-electron chi connectivity index (χ2n) is 7.37. The molecule has 0 aromatic carbocycles. The molecule has 1 aliphatic rings. The molecule has 1 saturated carbocycles. The van der Waals surface area contributed by atoms with Gasteiger partial charge in [-0.2, -0.15) is 5.10 Å². The van der Waals surface area contributed by atoms with Crippen molar-refractivity contribution in [1.29, 1.82) is 0 Å². The summed E-state index contributed by atoms with van der Waals surface area (Å²) < 4.78 is 1.94. The molecule has 2 N–H and O–H groups in total. The van der Waals surface area contributed by atoms with Gasteiger partial charge >= 0.3 is 0 Å². The van der Waals surface area contributed by atoms with E-state index in [1.165, 1.54) is 48.2 Å². The van der Waals surface area contributed by atoms with E-state index in [1.54, 1.807) is 0 Å². The molecule has 0 unspecified atom stereocenters. The van der Waals surface area contributed by atoms with E-state index in [2.05, 4.69) is 52.1 Å². The van der Waals surface area contributed by atoms with Crippen LogP contribution in [0.3, 0.4) is 0 Å². The van der Waals surface area contributed by atoms with Gasteiger partial charge in [-0.15, -0.1) is 11.3 Å². The van der Waals surface area contributed by atoms with Gasteiger partial charge in [-0.25, -0.2) is 0 Å². The van der Waals surface area contributed by atoms with Crippen LogP contribution in [-0.2, 0) is 19.0 Å². The monoisotopic (exact) mass is 373 g/mol. The highest BCUT2D eigenvalue weighted by Crippen LogP contribution is 2.41. The number of guanidine groups is 1. The Morgan fingerprint density at radius 1 is 1.27 bits per heavy atom. The molecule has 2 aromatic rings. The van der Waals surface area contributed by atoms with E-state index in [4.69, 9.17) is 0 Å². The van der Waals surface area contributed by atoms with Crippen LogP contribution in [0.5, 0.6) is 0 Å². The quantitative estimate of drug-likeness (QED) is 0.621. The van der Waals surface area contributed by atoms with E-state index in [9.17, 15) is 0 Å². The average molecular weight is 374 g/mol. The molecule has 0 bridgehead atoms. The molecular weight excluding hydrogens is 342 g/mol. The number of thiophene rings is 1. The Morgan fingerprint density at radius 3 is 2.62 bits per heavy atom. The standard InChI is InChI=1S/C20H31N5S/c1-15-17(16(2)25(4)24-15)13-22-19(21-3)23-14-20(10-6-5-7-11-20)18-9-8-12-26-18/h8-9,12H,5-7,10-11,13-14H2,1-4H3,(H2,21,22,23). The maximum Gasteiger partial charge on any atom is 0.191 e. The lowest BCUT2D eigenvalue weighted by molar-refractivity contribution is 0.296. The van der Waals surface area contributed by atoms with Crippen molar-refractivity contribution in [2.75, 3.05) is 13.6 Å². The highest BCUT2D eigenvalue weighted by Gasteiger charge is 2.34. The Hall–Kier alpha value is -1.82. The van der Waals surface area contributed by atoms with Crippen molar-refractivity contribution < 1.29 is 0 Å². The number of aryl methyl sites for hydroxylation is 2. The Morgan fingerprint density at radius 2 is 2.04 bits per heavy atom. The number of aromatic nitrogens is 2. The number of hydrogen-bond acceptors (Lipinski definition) is 3. The van der Waals surface area contributed by atoms with Gasteiger partial charge in [0, 0.05) is 48.7 Å². The van der Waals surface area contributed by atoms with Gasteiger partial charge in [0.1, 0.15) is 0 Å². The lowest BCUT2D eigenvalue weighted by Gasteiger charge is -2.37. The molecule has 0 saturated heterocycles. The fraction of sp³-hybridized carbons (Fsp3) is 0.600. The van der Waals surface area contributed by atoms with E-state index < -0.39 is 0 Å². The van der Waals surface area contributed by atoms with E-state index in [0.717, 1.165) is 24.7 Å². The second-order valence-corrected chi connectivity index (χ2v) is 8.32. The first kappa shape index (κ1) is 19.0. The van der Waals surface area contributed by atoms with Crippen molar-refractivity contribution in [3.8, 4) is 0 Å². The van der Waals surface area contributed by atoms with E-state index in [0.29, 0.717) is 0 Å². The smallest absolute Gasteiger partial charge is 0.191 e. The third-order valence-electron chi connectivity index (χ3n) is 5.76. The summed E-state index contributed by atoms with van der Waals surface area (Å²) >= 11 is 1.89. The van der Waals surface area contributed by atoms with Crippen molar-refractivity contribution in [1.82, 2.24) is 20.4 Å². The van der Waals surface area contributed by atoms with Gasteiger partial charge in [-0.05, 0) is 38.1 Å². The predicted octanol–water partition coefficient (Wildman–Crippen LogP) is 3.67. The normalized spacial score (nSPS) is 17.3. The summed E-state index contributed by atoms with van der Waals surface area (Å²) in [6.07, 6.45) is 6.52. The van der Waals surface area contributed by atoms with Crippen molar-refractivity contribution in [2.24, 2.45) is 12.0 Å². The Balaban J connectivity index is 1.64. The summed E-state index contributed by atoms with van der Waals surface area (Å²) in [6.45, 7) is 5.87. The number of aliphatic imine (C=N–C) groups is 1. The first-order valence-electron chi connectivity index (χ1n) is 9.53. The van der Waals surface area contributed by atoms with Crippen molar-refractivity contribution >= 4 is 17.3 Å². The SMILES string of the molecule is CN=C(NCc1c(C)nn(C)c1C)NCC1(c2cccs2)CCCCC1. The summed E-state index contributed by atoms with van der Waals surface area (Å²) in [4.78, 5) is 5.95. The minimum atomic E-state index is 0.254. The Kier molecular flexibility index (Phi) is 6.01. The fourth-order valence-electron chi connectivity index (χ4n) is 4.04. The van der Waals surface area contributed by atoms with Gasteiger partial charge in [-0.1, -0.05) is 25.3 Å². The largest absolute Gasteiger partial charge is 0.355 e. The van der Waals surface area contributed by atoms with Crippen LogP contribution in [-0.4, -0.2) is 29.3 Å². The van der Waals surface area contributed by atoms with Crippen molar-refractivity contribution in [3.63, 3.8) is 0 Å². The molecule has 3 rings (SSSR count). The maximum atomic E-state index is 4.50. The minimum Gasteiger partial charge on any atom is -0.355 e. The summed E-state index contributed by atoms with van der Waals surface area (Å²) in [5.74, 6) is 0.870. The van der Waals surface area contributed by atoms with E-state index in [1.807, 2.05) is 30.1 Å². The van der Waals surface area contributed by atoms with Crippen molar-refractivity contribution in [2.45, 2.75) is 57.9 Å². The minimum absolute atomic E-state index is 0.254. The molecule has 6 heteroatoms. The molecule has 0 radical (unpaired) electrons. The molecule has 0 atom stereocenters. The third kappa shape index (κ3) is 3.95.